The summed E-state index contributed by atoms with van der Waals surface area (Å²) in [6.45, 7) is 20.1. The molecule has 3 rings (SSSR count). The van der Waals surface area contributed by atoms with Crippen LogP contribution >= 0.6 is 0 Å². The molecule has 3 aromatic rings. The van der Waals surface area contributed by atoms with Gasteiger partial charge in [0.25, 0.3) is 5.95 Å². The van der Waals surface area contributed by atoms with Gasteiger partial charge in [-0.2, -0.15) is 0 Å². The van der Waals surface area contributed by atoms with Crippen molar-refractivity contribution in [3.8, 4) is 5.95 Å². The number of rotatable bonds is 2. The first-order chi connectivity index (χ1) is 12.9. The van der Waals surface area contributed by atoms with E-state index in [1.165, 1.54) is 0 Å². The normalized spacial score (nSPS) is 12.2. The number of furan rings is 1. The highest BCUT2D eigenvalue weighted by Crippen LogP contribution is 2.42. The fourth-order valence-electron chi connectivity index (χ4n) is 3.34. The van der Waals surface area contributed by atoms with Crippen molar-refractivity contribution < 1.29 is 9.52 Å². The van der Waals surface area contributed by atoms with Crippen molar-refractivity contribution in [2.45, 2.75) is 52.4 Å². The van der Waals surface area contributed by atoms with Gasteiger partial charge in [0.15, 0.2) is 5.69 Å². The van der Waals surface area contributed by atoms with Crippen LogP contribution in [0.2, 0.25) is 0 Å². The van der Waals surface area contributed by atoms with Gasteiger partial charge < -0.3 is 14.9 Å². The van der Waals surface area contributed by atoms with E-state index in [-0.39, 0.29) is 22.5 Å². The third-order valence-electron chi connectivity index (χ3n) is 4.99. The molecule has 0 aliphatic carbocycles. The quantitative estimate of drug-likeness (QED) is 0.387. The highest BCUT2D eigenvalue weighted by atomic mass is 16.5. The number of nitrogens with one attached hydrogen (secondary N) is 1. The third kappa shape index (κ3) is 3.29. The molecule has 0 saturated heterocycles. The number of hydrogen-bond donors (Lipinski definition) is 2. The van der Waals surface area contributed by atoms with Gasteiger partial charge in [-0.05, 0) is 22.5 Å². The zero-order chi connectivity index (χ0) is 20.9. The molecule has 2 aromatic carbocycles. The lowest BCUT2D eigenvalue weighted by atomic mass is 9.79. The Bertz CT molecular complexity index is 1120. The molecule has 0 atom stereocenters. The monoisotopic (exact) mass is 374 g/mol. The number of aromatic hydroxyl groups is 1. The van der Waals surface area contributed by atoms with Crippen LogP contribution in [0, 0.1) is 12.0 Å². The zero-order valence-electron chi connectivity index (χ0n) is 17.3. The Morgan fingerprint density at radius 1 is 1.04 bits per heavy atom. The summed E-state index contributed by atoms with van der Waals surface area (Å²) in [5.74, 6) is -0.281. The van der Waals surface area contributed by atoms with Crippen molar-refractivity contribution in [1.29, 1.82) is 5.41 Å². The number of para-hydroxylation sites is 1. The van der Waals surface area contributed by atoms with Gasteiger partial charge in [0, 0.05) is 16.5 Å². The highest BCUT2D eigenvalue weighted by molar-refractivity contribution is 6.21. The average Bonchev–Trinajstić information content (AvgIpc) is 2.94. The highest BCUT2D eigenvalue weighted by Gasteiger charge is 2.29. The van der Waals surface area contributed by atoms with E-state index >= 15 is 0 Å². The SMILES string of the molecule is [C-]#[N+]c1ccccc1C(=N)c1c(O)oc2c(C(C)(C)C)cc(C(C)(C)C)cc12. The van der Waals surface area contributed by atoms with E-state index in [9.17, 15) is 5.11 Å². The van der Waals surface area contributed by atoms with Crippen molar-refractivity contribution in [3.63, 3.8) is 0 Å². The van der Waals surface area contributed by atoms with Crippen LogP contribution in [0.1, 0.15) is 63.8 Å². The molecule has 4 heteroatoms. The number of benzene rings is 2. The van der Waals surface area contributed by atoms with E-state index < -0.39 is 0 Å². The number of fused-ring (bicyclic) bond motifs is 1. The molecule has 0 aliphatic heterocycles. The molecular formula is C24H26N2O2. The van der Waals surface area contributed by atoms with Crippen LogP contribution in [0.4, 0.5) is 5.69 Å². The third-order valence-corrected chi connectivity index (χ3v) is 4.99. The Labute approximate surface area is 166 Å². The summed E-state index contributed by atoms with van der Waals surface area (Å²) in [5, 5.41) is 20.1. The van der Waals surface area contributed by atoms with Crippen LogP contribution in [0.5, 0.6) is 5.95 Å². The minimum absolute atomic E-state index is 0.0915. The fraction of sp³-hybridized carbons (Fsp3) is 0.333. The standard InChI is InChI=1S/C24H26N2O2/c1-23(2,3)14-12-16-19(20(25)15-10-8-9-11-18(15)26-7)22(27)28-21(16)17(13-14)24(4,5)6/h8-13,25,27H,1-6H3. The van der Waals surface area contributed by atoms with Gasteiger partial charge >= 0.3 is 0 Å². The molecule has 0 bridgehead atoms. The maximum Gasteiger partial charge on any atom is 0.292 e. The molecule has 0 saturated carbocycles. The molecular weight excluding hydrogens is 348 g/mol. The Hall–Kier alpha value is -3.06. The molecule has 1 heterocycles. The topological polar surface area (TPSA) is 61.6 Å². The van der Waals surface area contributed by atoms with E-state index in [1.807, 2.05) is 6.07 Å². The zero-order valence-corrected chi connectivity index (χ0v) is 17.3. The number of nitrogens with zero attached hydrogens (tertiary/aromatic N) is 1. The first kappa shape index (κ1) is 19.7. The second kappa shape index (κ2) is 6.53. The van der Waals surface area contributed by atoms with Crippen molar-refractivity contribution in [2.75, 3.05) is 0 Å². The molecule has 0 fully saturated rings. The summed E-state index contributed by atoms with van der Waals surface area (Å²) < 4.78 is 5.78. The summed E-state index contributed by atoms with van der Waals surface area (Å²) in [7, 11) is 0. The lowest BCUT2D eigenvalue weighted by molar-refractivity contribution is 0.343. The fourth-order valence-corrected chi connectivity index (χ4v) is 3.34. The lowest BCUT2D eigenvalue weighted by Gasteiger charge is -2.25. The molecule has 0 radical (unpaired) electrons. The van der Waals surface area contributed by atoms with Gasteiger partial charge in [-0.15, -0.1) is 0 Å². The summed E-state index contributed by atoms with van der Waals surface area (Å²) in [5.41, 5.74) is 3.68. The van der Waals surface area contributed by atoms with Gasteiger partial charge in [0.05, 0.1) is 17.8 Å². The lowest BCUT2D eigenvalue weighted by Crippen LogP contribution is -2.16. The molecule has 4 nitrogen and oxygen atoms in total. The largest absolute Gasteiger partial charge is 0.480 e. The predicted octanol–water partition coefficient (Wildman–Crippen LogP) is 6.70. The molecule has 0 amide bonds. The molecule has 144 valence electrons. The Kier molecular flexibility index (Phi) is 4.59. The Morgan fingerprint density at radius 2 is 1.68 bits per heavy atom. The van der Waals surface area contributed by atoms with Crippen molar-refractivity contribution >= 4 is 22.4 Å². The molecule has 28 heavy (non-hydrogen) atoms. The average molecular weight is 374 g/mol. The summed E-state index contributed by atoms with van der Waals surface area (Å²) in [6, 6.07) is 11.1. The number of hydrogen-bond acceptors (Lipinski definition) is 3. The summed E-state index contributed by atoms with van der Waals surface area (Å²) >= 11 is 0. The summed E-state index contributed by atoms with van der Waals surface area (Å²) in [4.78, 5) is 3.52. The van der Waals surface area contributed by atoms with E-state index in [0.29, 0.717) is 27.8 Å². The minimum Gasteiger partial charge on any atom is -0.480 e. The van der Waals surface area contributed by atoms with Crippen LogP contribution in [0.15, 0.2) is 40.8 Å². The van der Waals surface area contributed by atoms with Crippen molar-refractivity contribution in [3.05, 3.63) is 70.1 Å². The van der Waals surface area contributed by atoms with Gasteiger partial charge in [-0.1, -0.05) is 71.9 Å². The maximum atomic E-state index is 10.6. The first-order valence-electron chi connectivity index (χ1n) is 9.31. The van der Waals surface area contributed by atoms with Crippen LogP contribution in [-0.2, 0) is 10.8 Å². The van der Waals surface area contributed by atoms with E-state index in [0.717, 1.165) is 11.1 Å². The molecule has 2 N–H and O–H groups in total. The second-order valence-corrected chi connectivity index (χ2v) is 9.19. The van der Waals surface area contributed by atoms with Gasteiger partial charge in [-0.3, -0.25) is 0 Å². The Balaban J connectivity index is 2.37. The van der Waals surface area contributed by atoms with Crippen LogP contribution in [-0.4, -0.2) is 10.8 Å². The molecule has 0 spiro atoms. The van der Waals surface area contributed by atoms with Gasteiger partial charge in [0.2, 0.25) is 0 Å². The van der Waals surface area contributed by atoms with Gasteiger partial charge in [-0.25, -0.2) is 4.85 Å². The van der Waals surface area contributed by atoms with E-state index in [1.54, 1.807) is 24.3 Å². The summed E-state index contributed by atoms with van der Waals surface area (Å²) in [6.07, 6.45) is 0. The smallest absolute Gasteiger partial charge is 0.292 e. The van der Waals surface area contributed by atoms with E-state index in [4.69, 9.17) is 16.4 Å². The maximum absolute atomic E-state index is 10.6. The Morgan fingerprint density at radius 3 is 2.25 bits per heavy atom. The first-order valence-corrected chi connectivity index (χ1v) is 9.31. The minimum atomic E-state index is -0.281. The van der Waals surface area contributed by atoms with Crippen molar-refractivity contribution in [2.24, 2.45) is 0 Å². The van der Waals surface area contributed by atoms with E-state index in [2.05, 4.69) is 52.5 Å². The second-order valence-electron chi connectivity index (χ2n) is 9.19. The van der Waals surface area contributed by atoms with Crippen LogP contribution in [0.3, 0.4) is 0 Å². The molecule has 1 aromatic heterocycles. The van der Waals surface area contributed by atoms with Crippen LogP contribution < -0.4 is 0 Å². The van der Waals surface area contributed by atoms with Gasteiger partial charge in [0.1, 0.15) is 5.58 Å². The predicted molar refractivity (Wildman–Crippen MR) is 114 cm³/mol. The molecule has 0 aliphatic rings. The van der Waals surface area contributed by atoms with Crippen LogP contribution in [0.25, 0.3) is 15.8 Å². The van der Waals surface area contributed by atoms with Crippen molar-refractivity contribution in [1.82, 2.24) is 0 Å². The molecule has 0 unspecified atom stereocenters.